The van der Waals surface area contributed by atoms with E-state index >= 15 is 0 Å². The third-order valence-corrected chi connectivity index (χ3v) is 5.41. The lowest BCUT2D eigenvalue weighted by Crippen LogP contribution is -2.44. The van der Waals surface area contributed by atoms with Crippen LogP contribution in [0.3, 0.4) is 0 Å². The van der Waals surface area contributed by atoms with E-state index < -0.39 is 0 Å². The number of pyridine rings is 1. The quantitative estimate of drug-likeness (QED) is 0.807. The second-order valence-electron chi connectivity index (χ2n) is 6.82. The highest BCUT2D eigenvalue weighted by atomic mass is 16.1. The number of rotatable bonds is 4. The van der Waals surface area contributed by atoms with Crippen molar-refractivity contribution in [1.29, 1.82) is 0 Å². The molecule has 3 heterocycles. The summed E-state index contributed by atoms with van der Waals surface area (Å²) in [6.07, 6.45) is 7.89. The van der Waals surface area contributed by atoms with E-state index in [9.17, 15) is 4.79 Å². The van der Waals surface area contributed by atoms with Crippen molar-refractivity contribution in [2.75, 3.05) is 0 Å². The summed E-state index contributed by atoms with van der Waals surface area (Å²) in [5.74, 6) is 0.457. The molecule has 0 aliphatic carbocycles. The highest BCUT2D eigenvalue weighted by Crippen LogP contribution is 2.40. The van der Waals surface area contributed by atoms with Crippen molar-refractivity contribution < 1.29 is 4.79 Å². The van der Waals surface area contributed by atoms with E-state index in [1.807, 2.05) is 12.1 Å². The fourth-order valence-electron chi connectivity index (χ4n) is 4.28. The lowest BCUT2D eigenvalue weighted by atomic mass is 9.85. The maximum absolute atomic E-state index is 12.7. The molecule has 0 amide bonds. The smallest absolute Gasteiger partial charge is 0.167 e. The molecule has 3 heteroatoms. The summed E-state index contributed by atoms with van der Waals surface area (Å²) < 4.78 is 0. The molecule has 2 fully saturated rings. The fraction of sp³-hybridized carbons (Fsp3) is 0.400. The molecule has 3 nitrogen and oxygen atoms in total. The molecule has 23 heavy (non-hydrogen) atoms. The lowest BCUT2D eigenvalue weighted by Gasteiger charge is -2.38. The Morgan fingerprint density at radius 3 is 2.43 bits per heavy atom. The largest absolute Gasteiger partial charge is 0.294 e. The van der Waals surface area contributed by atoms with Crippen molar-refractivity contribution in [3.05, 3.63) is 66.0 Å². The van der Waals surface area contributed by atoms with Crippen LogP contribution in [-0.2, 0) is 6.54 Å². The first kappa shape index (κ1) is 14.6. The predicted molar refractivity (Wildman–Crippen MR) is 90.1 cm³/mol. The minimum absolute atomic E-state index is 0.170. The Morgan fingerprint density at radius 1 is 1.04 bits per heavy atom. The van der Waals surface area contributed by atoms with Gasteiger partial charge in [-0.15, -0.1) is 0 Å². The monoisotopic (exact) mass is 306 g/mol. The van der Waals surface area contributed by atoms with Gasteiger partial charge in [-0.3, -0.25) is 14.7 Å². The molecule has 0 radical (unpaired) electrons. The predicted octanol–water partition coefficient (Wildman–Crippen LogP) is 3.71. The van der Waals surface area contributed by atoms with Gasteiger partial charge in [-0.05, 0) is 43.4 Å². The molecule has 2 aliphatic rings. The molecule has 1 aromatic carbocycles. The van der Waals surface area contributed by atoms with E-state index in [1.165, 1.54) is 18.4 Å². The molecule has 2 atom stereocenters. The molecule has 2 saturated heterocycles. The van der Waals surface area contributed by atoms with Crippen LogP contribution in [0.2, 0.25) is 0 Å². The maximum Gasteiger partial charge on any atom is 0.167 e. The summed E-state index contributed by atoms with van der Waals surface area (Å²) in [6, 6.07) is 15.5. The second kappa shape index (κ2) is 6.25. The van der Waals surface area contributed by atoms with Gasteiger partial charge < -0.3 is 0 Å². The minimum Gasteiger partial charge on any atom is -0.294 e. The van der Waals surface area contributed by atoms with E-state index in [-0.39, 0.29) is 11.7 Å². The van der Waals surface area contributed by atoms with Crippen LogP contribution < -0.4 is 0 Å². The number of carbonyl (C=O) groups excluding carboxylic acids is 1. The van der Waals surface area contributed by atoms with Gasteiger partial charge in [0.15, 0.2) is 5.78 Å². The summed E-state index contributed by atoms with van der Waals surface area (Å²) in [4.78, 5) is 19.4. The van der Waals surface area contributed by atoms with Gasteiger partial charge in [-0.1, -0.05) is 30.3 Å². The normalized spacial score (nSPS) is 27.0. The summed E-state index contributed by atoms with van der Waals surface area (Å²) in [6.45, 7) is 1.02. The molecule has 0 spiro atoms. The van der Waals surface area contributed by atoms with Crippen molar-refractivity contribution in [2.24, 2.45) is 5.92 Å². The number of fused-ring (bicyclic) bond motifs is 2. The molecular weight excluding hydrogens is 284 g/mol. The number of hydrogen-bond acceptors (Lipinski definition) is 3. The maximum atomic E-state index is 12.7. The third kappa shape index (κ3) is 2.93. The Labute approximate surface area is 137 Å². The van der Waals surface area contributed by atoms with Gasteiger partial charge in [-0.25, -0.2) is 0 Å². The SMILES string of the molecule is O=C(c1cccnc1)C1CC2CCC(C1)N2Cc1ccccc1. The molecule has 2 unspecified atom stereocenters. The van der Waals surface area contributed by atoms with Crippen LogP contribution in [-0.4, -0.2) is 27.8 Å². The highest BCUT2D eigenvalue weighted by Gasteiger charge is 2.42. The van der Waals surface area contributed by atoms with E-state index in [0.717, 1.165) is 24.9 Å². The van der Waals surface area contributed by atoms with E-state index in [2.05, 4.69) is 40.2 Å². The molecule has 2 aromatic rings. The van der Waals surface area contributed by atoms with Gasteiger partial charge in [0.1, 0.15) is 0 Å². The van der Waals surface area contributed by atoms with E-state index in [0.29, 0.717) is 12.1 Å². The van der Waals surface area contributed by atoms with Gasteiger partial charge >= 0.3 is 0 Å². The summed E-state index contributed by atoms with van der Waals surface area (Å²) in [7, 11) is 0. The molecule has 2 bridgehead atoms. The Kier molecular flexibility index (Phi) is 3.96. The fourth-order valence-corrected chi connectivity index (χ4v) is 4.28. The standard InChI is InChI=1S/C20H22N2O/c23-20(16-7-4-10-21-13-16)17-11-18-8-9-19(12-17)22(18)14-15-5-2-1-3-6-15/h1-7,10,13,17-19H,8-9,11-12,14H2. The Morgan fingerprint density at radius 2 is 1.78 bits per heavy atom. The number of benzene rings is 1. The van der Waals surface area contributed by atoms with Crippen LogP contribution in [0.15, 0.2) is 54.9 Å². The van der Waals surface area contributed by atoms with Crippen LogP contribution in [0.25, 0.3) is 0 Å². The Hall–Kier alpha value is -2.00. The number of Topliss-reactive ketones (excluding diaryl/α,β-unsaturated/α-hetero) is 1. The average molecular weight is 306 g/mol. The van der Waals surface area contributed by atoms with Crippen LogP contribution in [0.1, 0.15) is 41.6 Å². The lowest BCUT2D eigenvalue weighted by molar-refractivity contribution is 0.0678. The zero-order chi connectivity index (χ0) is 15.6. The van der Waals surface area contributed by atoms with Gasteiger partial charge in [-0.2, -0.15) is 0 Å². The van der Waals surface area contributed by atoms with Crippen LogP contribution in [0.4, 0.5) is 0 Å². The molecule has 4 rings (SSSR count). The zero-order valence-corrected chi connectivity index (χ0v) is 13.3. The molecular formula is C20H22N2O. The number of ketones is 1. The number of piperidine rings is 1. The van der Waals surface area contributed by atoms with Gasteiger partial charge in [0.2, 0.25) is 0 Å². The summed E-state index contributed by atoms with van der Waals surface area (Å²) in [5, 5.41) is 0. The minimum atomic E-state index is 0.170. The average Bonchev–Trinajstić information content (AvgIpc) is 2.84. The van der Waals surface area contributed by atoms with Gasteiger partial charge in [0.25, 0.3) is 0 Å². The van der Waals surface area contributed by atoms with Crippen LogP contribution >= 0.6 is 0 Å². The molecule has 118 valence electrons. The third-order valence-electron chi connectivity index (χ3n) is 5.41. The number of nitrogens with zero attached hydrogens (tertiary/aromatic N) is 2. The summed E-state index contributed by atoms with van der Waals surface area (Å²) >= 11 is 0. The molecule has 2 aliphatic heterocycles. The van der Waals surface area contributed by atoms with Crippen molar-refractivity contribution in [2.45, 2.75) is 44.3 Å². The number of carbonyl (C=O) groups is 1. The number of hydrogen-bond donors (Lipinski definition) is 0. The first-order chi connectivity index (χ1) is 11.3. The van der Waals surface area contributed by atoms with Crippen LogP contribution in [0, 0.1) is 5.92 Å². The summed E-state index contributed by atoms with van der Waals surface area (Å²) in [5.41, 5.74) is 2.15. The Balaban J connectivity index is 1.46. The zero-order valence-electron chi connectivity index (χ0n) is 13.3. The second-order valence-corrected chi connectivity index (χ2v) is 6.82. The first-order valence-corrected chi connectivity index (χ1v) is 8.55. The van der Waals surface area contributed by atoms with Crippen molar-refractivity contribution in [3.8, 4) is 0 Å². The van der Waals surface area contributed by atoms with Gasteiger partial charge in [0, 0.05) is 42.5 Å². The molecule has 1 aromatic heterocycles. The number of aromatic nitrogens is 1. The van der Waals surface area contributed by atoms with Crippen molar-refractivity contribution in [1.82, 2.24) is 9.88 Å². The van der Waals surface area contributed by atoms with E-state index in [4.69, 9.17) is 0 Å². The molecule has 0 N–H and O–H groups in total. The Bertz CT molecular complexity index is 657. The van der Waals surface area contributed by atoms with Crippen molar-refractivity contribution >= 4 is 5.78 Å². The van der Waals surface area contributed by atoms with Crippen molar-refractivity contribution in [3.63, 3.8) is 0 Å². The van der Waals surface area contributed by atoms with Gasteiger partial charge in [0.05, 0.1) is 0 Å². The topological polar surface area (TPSA) is 33.2 Å². The first-order valence-electron chi connectivity index (χ1n) is 8.55. The van der Waals surface area contributed by atoms with Crippen LogP contribution in [0.5, 0.6) is 0 Å². The van der Waals surface area contributed by atoms with E-state index in [1.54, 1.807) is 12.4 Å². The highest BCUT2D eigenvalue weighted by molar-refractivity contribution is 5.97. The molecule has 0 saturated carbocycles.